The number of nitrogens with one attached hydrogen (secondary N) is 2. The minimum Gasteiger partial charge on any atom is -0.493 e. The van der Waals surface area contributed by atoms with Gasteiger partial charge in [-0.25, -0.2) is 0 Å². The smallest absolute Gasteiger partial charge is 0.243 e. The number of ether oxygens (including phenoxy) is 2. The average Bonchev–Trinajstić information content (AvgIpc) is 2.62. The standard InChI is InChI=1S/C19H28N2O4S/c1-5-10-25-15-7-6-13(11-16(15)24-4)8-9-20-17(22)14-12-26-19(2,3)18(23)21-14/h6-7,11,14H,5,8-10,12H2,1-4H3,(H,20,22)(H,21,23). The molecule has 6 nitrogen and oxygen atoms in total. The predicted octanol–water partition coefficient (Wildman–Crippen LogP) is 2.15. The van der Waals surface area contributed by atoms with Crippen LogP contribution in [-0.2, 0) is 16.0 Å². The number of carbonyl (C=O) groups is 2. The van der Waals surface area contributed by atoms with E-state index < -0.39 is 10.8 Å². The van der Waals surface area contributed by atoms with Crippen LogP contribution >= 0.6 is 11.8 Å². The summed E-state index contributed by atoms with van der Waals surface area (Å²) >= 11 is 1.50. The Morgan fingerprint density at radius 2 is 2.15 bits per heavy atom. The summed E-state index contributed by atoms with van der Waals surface area (Å²) in [5.74, 6) is 1.77. The van der Waals surface area contributed by atoms with Gasteiger partial charge < -0.3 is 20.1 Å². The maximum atomic E-state index is 12.3. The zero-order chi connectivity index (χ0) is 19.2. The number of amides is 2. The number of benzene rings is 1. The van der Waals surface area contributed by atoms with Crippen molar-refractivity contribution in [1.29, 1.82) is 0 Å². The SMILES string of the molecule is CCCOc1ccc(CCNC(=O)C2CSC(C)(C)C(=O)N2)cc1OC. The van der Waals surface area contributed by atoms with Gasteiger partial charge in [-0.05, 0) is 44.4 Å². The highest BCUT2D eigenvalue weighted by atomic mass is 32.2. The fourth-order valence-electron chi connectivity index (χ4n) is 2.52. The van der Waals surface area contributed by atoms with Crippen LogP contribution in [0.15, 0.2) is 18.2 Å². The Kier molecular flexibility index (Phi) is 7.20. The lowest BCUT2D eigenvalue weighted by Gasteiger charge is -2.32. The number of hydrogen-bond acceptors (Lipinski definition) is 5. The molecule has 1 aromatic carbocycles. The highest BCUT2D eigenvalue weighted by Gasteiger charge is 2.37. The first kappa shape index (κ1) is 20.4. The van der Waals surface area contributed by atoms with E-state index in [4.69, 9.17) is 9.47 Å². The van der Waals surface area contributed by atoms with Gasteiger partial charge in [0.05, 0.1) is 18.5 Å². The summed E-state index contributed by atoms with van der Waals surface area (Å²) in [5.41, 5.74) is 1.05. The molecule has 1 unspecified atom stereocenters. The van der Waals surface area contributed by atoms with Crippen molar-refractivity contribution in [1.82, 2.24) is 10.6 Å². The number of thioether (sulfide) groups is 1. The molecule has 0 saturated carbocycles. The van der Waals surface area contributed by atoms with Crippen molar-refractivity contribution in [2.75, 3.05) is 26.0 Å². The summed E-state index contributed by atoms with van der Waals surface area (Å²) in [4.78, 5) is 24.2. The molecule has 144 valence electrons. The Morgan fingerprint density at radius 1 is 1.38 bits per heavy atom. The minimum absolute atomic E-state index is 0.0960. The third kappa shape index (κ3) is 5.30. The second kappa shape index (κ2) is 9.16. The maximum absolute atomic E-state index is 12.3. The highest BCUT2D eigenvalue weighted by molar-refractivity contribution is 8.01. The van der Waals surface area contributed by atoms with Gasteiger partial charge >= 0.3 is 0 Å². The van der Waals surface area contributed by atoms with Crippen LogP contribution in [0.5, 0.6) is 11.5 Å². The summed E-state index contributed by atoms with van der Waals surface area (Å²) in [6.07, 6.45) is 1.61. The van der Waals surface area contributed by atoms with Gasteiger partial charge in [-0.3, -0.25) is 9.59 Å². The van der Waals surface area contributed by atoms with Crippen molar-refractivity contribution in [2.45, 2.75) is 44.4 Å². The molecule has 1 fully saturated rings. The van der Waals surface area contributed by atoms with Gasteiger partial charge in [0.25, 0.3) is 0 Å². The number of methoxy groups -OCH3 is 1. The van der Waals surface area contributed by atoms with E-state index in [9.17, 15) is 9.59 Å². The molecule has 0 radical (unpaired) electrons. The van der Waals surface area contributed by atoms with Gasteiger partial charge in [0, 0.05) is 12.3 Å². The van der Waals surface area contributed by atoms with E-state index in [1.807, 2.05) is 32.0 Å². The molecule has 0 bridgehead atoms. The van der Waals surface area contributed by atoms with Gasteiger partial charge in [0.2, 0.25) is 11.8 Å². The van der Waals surface area contributed by atoms with Crippen LogP contribution in [0.2, 0.25) is 0 Å². The van der Waals surface area contributed by atoms with Crippen LogP contribution in [-0.4, -0.2) is 48.6 Å². The first-order chi connectivity index (χ1) is 12.4. The fraction of sp³-hybridized carbons (Fsp3) is 0.579. The summed E-state index contributed by atoms with van der Waals surface area (Å²) in [7, 11) is 1.62. The van der Waals surface area contributed by atoms with Crippen molar-refractivity contribution in [3.05, 3.63) is 23.8 Å². The largest absolute Gasteiger partial charge is 0.493 e. The van der Waals surface area contributed by atoms with Crippen molar-refractivity contribution >= 4 is 23.6 Å². The molecule has 2 N–H and O–H groups in total. The van der Waals surface area contributed by atoms with E-state index in [0.29, 0.717) is 31.1 Å². The Balaban J connectivity index is 1.84. The molecule has 1 aromatic rings. The molecule has 1 heterocycles. The highest BCUT2D eigenvalue weighted by Crippen LogP contribution is 2.29. The lowest BCUT2D eigenvalue weighted by Crippen LogP contribution is -2.57. The molecular weight excluding hydrogens is 352 g/mol. The normalized spacial score (nSPS) is 18.8. The molecule has 0 aromatic heterocycles. The topological polar surface area (TPSA) is 76.7 Å². The Bertz CT molecular complexity index is 648. The summed E-state index contributed by atoms with van der Waals surface area (Å²) in [5, 5.41) is 5.69. The molecule has 1 aliphatic heterocycles. The van der Waals surface area contributed by atoms with Crippen molar-refractivity contribution < 1.29 is 19.1 Å². The van der Waals surface area contributed by atoms with Gasteiger partial charge in [-0.2, -0.15) is 0 Å². The summed E-state index contributed by atoms with van der Waals surface area (Å²) < 4.78 is 10.5. The second-order valence-electron chi connectivity index (χ2n) is 6.72. The first-order valence-electron chi connectivity index (χ1n) is 8.89. The van der Waals surface area contributed by atoms with Gasteiger partial charge in [0.15, 0.2) is 11.5 Å². The molecule has 2 amide bonds. The molecule has 0 spiro atoms. The lowest BCUT2D eigenvalue weighted by molar-refractivity contribution is -0.129. The molecule has 0 aliphatic carbocycles. The fourth-order valence-corrected chi connectivity index (χ4v) is 3.53. The van der Waals surface area contributed by atoms with Crippen molar-refractivity contribution in [3.8, 4) is 11.5 Å². The molecule has 7 heteroatoms. The Morgan fingerprint density at radius 3 is 2.81 bits per heavy atom. The van der Waals surface area contributed by atoms with Crippen LogP contribution in [0, 0.1) is 0 Å². The third-order valence-corrected chi connectivity index (χ3v) is 5.59. The Hall–Kier alpha value is -1.89. The Labute approximate surface area is 159 Å². The van der Waals surface area contributed by atoms with Crippen LogP contribution in [0.4, 0.5) is 0 Å². The van der Waals surface area contributed by atoms with Crippen LogP contribution in [0.1, 0.15) is 32.8 Å². The lowest BCUT2D eigenvalue weighted by atomic mass is 10.1. The van der Waals surface area contributed by atoms with Crippen LogP contribution in [0.3, 0.4) is 0 Å². The molecular formula is C19H28N2O4S. The van der Waals surface area contributed by atoms with E-state index in [2.05, 4.69) is 17.6 Å². The zero-order valence-electron chi connectivity index (χ0n) is 15.9. The average molecular weight is 381 g/mol. The molecule has 2 rings (SSSR count). The molecule has 1 aliphatic rings. The van der Waals surface area contributed by atoms with E-state index in [-0.39, 0.29) is 11.8 Å². The van der Waals surface area contributed by atoms with Crippen LogP contribution < -0.4 is 20.1 Å². The van der Waals surface area contributed by atoms with Crippen molar-refractivity contribution in [2.24, 2.45) is 0 Å². The van der Waals surface area contributed by atoms with E-state index in [1.165, 1.54) is 11.8 Å². The first-order valence-corrected chi connectivity index (χ1v) is 9.88. The molecule has 26 heavy (non-hydrogen) atoms. The van der Waals surface area contributed by atoms with Gasteiger partial charge in [-0.15, -0.1) is 11.8 Å². The zero-order valence-corrected chi connectivity index (χ0v) is 16.7. The predicted molar refractivity (Wildman–Crippen MR) is 104 cm³/mol. The van der Waals surface area contributed by atoms with Gasteiger partial charge in [0.1, 0.15) is 6.04 Å². The van der Waals surface area contributed by atoms with Crippen molar-refractivity contribution in [3.63, 3.8) is 0 Å². The monoisotopic (exact) mass is 380 g/mol. The third-order valence-electron chi connectivity index (χ3n) is 4.18. The maximum Gasteiger partial charge on any atom is 0.243 e. The quantitative estimate of drug-likeness (QED) is 0.723. The van der Waals surface area contributed by atoms with Crippen LogP contribution in [0.25, 0.3) is 0 Å². The number of rotatable bonds is 8. The second-order valence-corrected chi connectivity index (χ2v) is 8.36. The van der Waals surface area contributed by atoms with Gasteiger partial charge in [-0.1, -0.05) is 13.0 Å². The van der Waals surface area contributed by atoms with E-state index >= 15 is 0 Å². The molecule has 1 atom stereocenters. The van der Waals surface area contributed by atoms with E-state index in [1.54, 1.807) is 7.11 Å². The number of hydrogen-bond donors (Lipinski definition) is 2. The van der Waals surface area contributed by atoms with E-state index in [0.717, 1.165) is 17.7 Å². The summed E-state index contributed by atoms with van der Waals surface area (Å²) in [6, 6.07) is 5.32. The minimum atomic E-state index is -0.477. The molecule has 1 saturated heterocycles. The number of carbonyl (C=O) groups excluding carboxylic acids is 2. The summed E-state index contributed by atoms with van der Waals surface area (Å²) in [6.45, 7) is 6.92.